The van der Waals surface area contributed by atoms with Crippen molar-refractivity contribution >= 4 is 5.91 Å². The third kappa shape index (κ3) is 4.56. The Morgan fingerprint density at radius 3 is 2.67 bits per heavy atom. The van der Waals surface area contributed by atoms with Gasteiger partial charge in [-0.05, 0) is 30.7 Å². The number of likely N-dealkylation sites (N-methyl/N-ethyl adjacent to an activating group) is 1. The van der Waals surface area contributed by atoms with Crippen molar-refractivity contribution in [1.29, 1.82) is 0 Å². The van der Waals surface area contributed by atoms with Crippen LogP contribution in [0.25, 0.3) is 0 Å². The van der Waals surface area contributed by atoms with Crippen LogP contribution < -0.4 is 5.32 Å². The predicted octanol–water partition coefficient (Wildman–Crippen LogP) is 0.302. The van der Waals surface area contributed by atoms with Gasteiger partial charge in [0, 0.05) is 26.5 Å². The standard InChI is InChI=1S/C11H17N3O/c1-14(2)11(15)9-13-8-5-10-3-6-12-7-4-10/h3-4,6-7,13H,5,8-9H2,1-2H3. The van der Waals surface area contributed by atoms with Gasteiger partial charge in [-0.15, -0.1) is 0 Å². The van der Waals surface area contributed by atoms with Crippen LogP contribution in [0.5, 0.6) is 0 Å². The predicted molar refractivity (Wildman–Crippen MR) is 59.5 cm³/mol. The summed E-state index contributed by atoms with van der Waals surface area (Å²) in [5, 5.41) is 3.10. The quantitative estimate of drug-likeness (QED) is 0.706. The highest BCUT2D eigenvalue weighted by Gasteiger charge is 2.01. The van der Waals surface area contributed by atoms with Gasteiger partial charge in [-0.25, -0.2) is 0 Å². The van der Waals surface area contributed by atoms with Crippen LogP contribution in [-0.4, -0.2) is 43.0 Å². The van der Waals surface area contributed by atoms with E-state index in [4.69, 9.17) is 0 Å². The molecule has 0 saturated carbocycles. The monoisotopic (exact) mass is 207 g/mol. The van der Waals surface area contributed by atoms with Gasteiger partial charge in [0.05, 0.1) is 6.54 Å². The van der Waals surface area contributed by atoms with Crippen molar-refractivity contribution in [2.45, 2.75) is 6.42 Å². The van der Waals surface area contributed by atoms with E-state index in [1.807, 2.05) is 12.1 Å². The molecule has 0 unspecified atom stereocenters. The van der Waals surface area contributed by atoms with Gasteiger partial charge in [0.2, 0.25) is 5.91 Å². The fourth-order valence-electron chi connectivity index (χ4n) is 1.14. The minimum absolute atomic E-state index is 0.102. The maximum atomic E-state index is 11.2. The molecule has 1 N–H and O–H groups in total. The summed E-state index contributed by atoms with van der Waals surface area (Å²) >= 11 is 0. The molecule has 0 aromatic carbocycles. The van der Waals surface area contributed by atoms with E-state index in [2.05, 4.69) is 10.3 Å². The van der Waals surface area contributed by atoms with Gasteiger partial charge >= 0.3 is 0 Å². The first-order valence-corrected chi connectivity index (χ1v) is 5.00. The second-order valence-corrected chi connectivity index (χ2v) is 3.57. The molecule has 1 aromatic rings. The van der Waals surface area contributed by atoms with Gasteiger partial charge in [0.25, 0.3) is 0 Å². The zero-order valence-corrected chi connectivity index (χ0v) is 9.23. The molecule has 0 saturated heterocycles. The number of aromatic nitrogens is 1. The molecule has 0 aliphatic heterocycles. The number of carbonyl (C=O) groups is 1. The first-order valence-electron chi connectivity index (χ1n) is 5.00. The van der Waals surface area contributed by atoms with Crippen LogP contribution in [-0.2, 0) is 11.2 Å². The Morgan fingerprint density at radius 2 is 2.07 bits per heavy atom. The van der Waals surface area contributed by atoms with Crippen molar-refractivity contribution < 1.29 is 4.79 Å². The van der Waals surface area contributed by atoms with Crippen LogP contribution in [0.2, 0.25) is 0 Å². The van der Waals surface area contributed by atoms with Crippen molar-refractivity contribution in [3.8, 4) is 0 Å². The smallest absolute Gasteiger partial charge is 0.236 e. The summed E-state index contributed by atoms with van der Waals surface area (Å²) in [5.74, 6) is 0.102. The summed E-state index contributed by atoms with van der Waals surface area (Å²) in [5.41, 5.74) is 1.23. The molecular weight excluding hydrogens is 190 g/mol. The summed E-state index contributed by atoms with van der Waals surface area (Å²) in [7, 11) is 3.51. The molecular formula is C11H17N3O. The normalized spacial score (nSPS) is 10.0. The third-order valence-corrected chi connectivity index (χ3v) is 2.11. The lowest BCUT2D eigenvalue weighted by atomic mass is 10.2. The molecule has 1 heterocycles. The van der Waals surface area contributed by atoms with Crippen LogP contribution in [0, 0.1) is 0 Å². The first kappa shape index (κ1) is 11.7. The highest BCUT2D eigenvalue weighted by Crippen LogP contribution is 1.95. The van der Waals surface area contributed by atoms with E-state index in [1.165, 1.54) is 5.56 Å². The van der Waals surface area contributed by atoms with E-state index in [0.29, 0.717) is 6.54 Å². The molecule has 0 aliphatic carbocycles. The van der Waals surface area contributed by atoms with E-state index in [9.17, 15) is 4.79 Å². The Balaban J connectivity index is 2.15. The summed E-state index contributed by atoms with van der Waals surface area (Å²) in [6.07, 6.45) is 4.48. The Hall–Kier alpha value is -1.42. The number of hydrogen-bond acceptors (Lipinski definition) is 3. The van der Waals surface area contributed by atoms with Crippen LogP contribution >= 0.6 is 0 Å². The molecule has 4 nitrogen and oxygen atoms in total. The lowest BCUT2D eigenvalue weighted by Gasteiger charge is -2.10. The van der Waals surface area contributed by atoms with E-state index in [1.54, 1.807) is 31.4 Å². The van der Waals surface area contributed by atoms with Crippen LogP contribution in [0.3, 0.4) is 0 Å². The number of pyridine rings is 1. The van der Waals surface area contributed by atoms with Crippen molar-refractivity contribution in [1.82, 2.24) is 15.2 Å². The summed E-state index contributed by atoms with van der Waals surface area (Å²) < 4.78 is 0. The first-order chi connectivity index (χ1) is 7.20. The number of nitrogens with zero attached hydrogens (tertiary/aromatic N) is 2. The fraction of sp³-hybridized carbons (Fsp3) is 0.455. The number of nitrogens with one attached hydrogen (secondary N) is 1. The Kier molecular flexibility index (Phi) is 4.77. The van der Waals surface area contributed by atoms with Crippen molar-refractivity contribution in [2.75, 3.05) is 27.2 Å². The van der Waals surface area contributed by atoms with E-state index in [-0.39, 0.29) is 5.91 Å². The van der Waals surface area contributed by atoms with Crippen molar-refractivity contribution in [2.24, 2.45) is 0 Å². The molecule has 0 bridgehead atoms. The Morgan fingerprint density at radius 1 is 1.40 bits per heavy atom. The average Bonchev–Trinajstić information content (AvgIpc) is 2.25. The molecule has 15 heavy (non-hydrogen) atoms. The molecule has 0 atom stereocenters. The molecule has 0 radical (unpaired) electrons. The lowest BCUT2D eigenvalue weighted by molar-refractivity contribution is -0.127. The topological polar surface area (TPSA) is 45.2 Å². The largest absolute Gasteiger partial charge is 0.348 e. The van der Waals surface area contributed by atoms with Crippen molar-refractivity contribution in [3.05, 3.63) is 30.1 Å². The van der Waals surface area contributed by atoms with Gasteiger partial charge < -0.3 is 10.2 Å². The third-order valence-electron chi connectivity index (χ3n) is 2.11. The summed E-state index contributed by atoms with van der Waals surface area (Å²) in [6, 6.07) is 3.96. The van der Waals surface area contributed by atoms with Crippen LogP contribution in [0.1, 0.15) is 5.56 Å². The Labute approximate surface area is 90.3 Å². The number of rotatable bonds is 5. The molecule has 0 fully saturated rings. The molecule has 0 aliphatic rings. The number of amides is 1. The lowest BCUT2D eigenvalue weighted by Crippen LogP contribution is -2.33. The average molecular weight is 207 g/mol. The summed E-state index contributed by atoms with van der Waals surface area (Å²) in [6.45, 7) is 1.21. The van der Waals surface area contributed by atoms with E-state index < -0.39 is 0 Å². The SMILES string of the molecule is CN(C)C(=O)CNCCc1ccncc1. The maximum Gasteiger partial charge on any atom is 0.236 e. The highest BCUT2D eigenvalue weighted by molar-refractivity contribution is 5.77. The van der Waals surface area contributed by atoms with Crippen LogP contribution in [0.15, 0.2) is 24.5 Å². The minimum Gasteiger partial charge on any atom is -0.348 e. The minimum atomic E-state index is 0.102. The molecule has 1 aromatic heterocycles. The van der Waals surface area contributed by atoms with Crippen molar-refractivity contribution in [3.63, 3.8) is 0 Å². The maximum absolute atomic E-state index is 11.2. The second kappa shape index (κ2) is 6.14. The van der Waals surface area contributed by atoms with E-state index >= 15 is 0 Å². The van der Waals surface area contributed by atoms with Gasteiger partial charge in [0.15, 0.2) is 0 Å². The fourth-order valence-corrected chi connectivity index (χ4v) is 1.14. The van der Waals surface area contributed by atoms with Gasteiger partial charge in [0.1, 0.15) is 0 Å². The molecule has 1 amide bonds. The zero-order valence-electron chi connectivity index (χ0n) is 9.23. The van der Waals surface area contributed by atoms with E-state index in [0.717, 1.165) is 13.0 Å². The van der Waals surface area contributed by atoms with Gasteiger partial charge in [-0.1, -0.05) is 0 Å². The van der Waals surface area contributed by atoms with Gasteiger partial charge in [-0.2, -0.15) is 0 Å². The van der Waals surface area contributed by atoms with Crippen LogP contribution in [0.4, 0.5) is 0 Å². The number of carbonyl (C=O) groups excluding carboxylic acids is 1. The summed E-state index contributed by atoms with van der Waals surface area (Å²) in [4.78, 5) is 16.7. The molecule has 0 spiro atoms. The molecule has 1 rings (SSSR count). The molecule has 4 heteroatoms. The molecule has 82 valence electrons. The second-order valence-electron chi connectivity index (χ2n) is 3.57. The van der Waals surface area contributed by atoms with Gasteiger partial charge in [-0.3, -0.25) is 9.78 Å². The zero-order chi connectivity index (χ0) is 11.1. The highest BCUT2D eigenvalue weighted by atomic mass is 16.2. The number of hydrogen-bond donors (Lipinski definition) is 1. The Bertz CT molecular complexity index is 298.